The first-order valence-corrected chi connectivity index (χ1v) is 7.58. The third-order valence-corrected chi connectivity index (χ3v) is 4.04. The molecule has 1 aromatic heterocycles. The second kappa shape index (κ2) is 6.10. The number of nitrogens with two attached hydrogens (primary N) is 1. The molecule has 3 N–H and O–H groups in total. The van der Waals surface area contributed by atoms with Crippen molar-refractivity contribution in [3.05, 3.63) is 51.9 Å². The predicted octanol–water partition coefficient (Wildman–Crippen LogP) is 3.18. The van der Waals surface area contributed by atoms with Gasteiger partial charge in [-0.25, -0.2) is 5.43 Å². The fourth-order valence-electron chi connectivity index (χ4n) is 2.73. The number of hydrazine groups is 1. The number of hydrogen-bond acceptors (Lipinski definition) is 4. The number of ether oxygens (including phenoxy) is 1. The number of nitrogens with one attached hydrogen (secondary N) is 1. The topological polar surface area (TPSA) is 60.4 Å². The number of fused-ring (bicyclic) bond motifs is 1. The van der Waals surface area contributed by atoms with Crippen LogP contribution in [0.2, 0.25) is 5.02 Å². The van der Waals surface area contributed by atoms with Crippen LogP contribution in [-0.4, -0.2) is 6.61 Å². The van der Waals surface area contributed by atoms with Crippen LogP contribution < -0.4 is 16.0 Å². The van der Waals surface area contributed by atoms with Gasteiger partial charge in [-0.2, -0.15) is 0 Å². The summed E-state index contributed by atoms with van der Waals surface area (Å²) in [7, 11) is 0. The molecule has 21 heavy (non-hydrogen) atoms. The van der Waals surface area contributed by atoms with Gasteiger partial charge in [-0.3, -0.25) is 5.84 Å². The average Bonchev–Trinajstić information content (AvgIpc) is 3.12. The minimum absolute atomic E-state index is 0.0999. The summed E-state index contributed by atoms with van der Waals surface area (Å²) < 4.78 is 11.5. The first kappa shape index (κ1) is 14.4. The van der Waals surface area contributed by atoms with E-state index in [1.165, 1.54) is 5.56 Å². The van der Waals surface area contributed by atoms with Crippen LogP contribution in [0.1, 0.15) is 35.6 Å². The number of aryl methyl sites for hydroxylation is 1. The van der Waals surface area contributed by atoms with Gasteiger partial charge >= 0.3 is 0 Å². The summed E-state index contributed by atoms with van der Waals surface area (Å²) in [6.45, 7) is 2.77. The van der Waals surface area contributed by atoms with E-state index in [-0.39, 0.29) is 6.04 Å². The average molecular weight is 307 g/mol. The Bertz CT molecular complexity index is 639. The first-order chi connectivity index (χ1) is 10.2. The van der Waals surface area contributed by atoms with E-state index in [0.29, 0.717) is 13.0 Å². The number of benzene rings is 1. The van der Waals surface area contributed by atoms with E-state index in [0.717, 1.165) is 40.7 Å². The van der Waals surface area contributed by atoms with Crippen molar-refractivity contribution in [2.24, 2.45) is 5.84 Å². The van der Waals surface area contributed by atoms with Gasteiger partial charge in [0.2, 0.25) is 0 Å². The zero-order valence-corrected chi connectivity index (χ0v) is 12.7. The molecule has 0 amide bonds. The summed E-state index contributed by atoms with van der Waals surface area (Å²) >= 11 is 6.20. The van der Waals surface area contributed by atoms with Gasteiger partial charge in [-0.05, 0) is 41.8 Å². The standard InChI is InChI=1S/C16H19ClN2O2/c1-2-13-3-4-15(21-13)14(19-18)9-11-8-12(17)7-10-5-6-20-16(10)11/h3-4,7-8,14,19H,2,5-6,9,18H2,1H3. The molecule has 4 nitrogen and oxygen atoms in total. The lowest BCUT2D eigenvalue weighted by molar-refractivity contribution is 0.348. The smallest absolute Gasteiger partial charge is 0.125 e. The maximum absolute atomic E-state index is 6.20. The normalized spacial score (nSPS) is 14.8. The van der Waals surface area contributed by atoms with E-state index in [4.69, 9.17) is 26.6 Å². The second-order valence-electron chi connectivity index (χ2n) is 5.23. The number of hydrogen-bond donors (Lipinski definition) is 2. The van der Waals surface area contributed by atoms with E-state index in [1.54, 1.807) is 0 Å². The van der Waals surface area contributed by atoms with E-state index >= 15 is 0 Å². The maximum Gasteiger partial charge on any atom is 0.125 e. The van der Waals surface area contributed by atoms with Gasteiger partial charge in [0.25, 0.3) is 0 Å². The van der Waals surface area contributed by atoms with E-state index in [2.05, 4.69) is 12.3 Å². The molecule has 3 rings (SSSR count). The minimum Gasteiger partial charge on any atom is -0.493 e. The summed E-state index contributed by atoms with van der Waals surface area (Å²) in [6, 6.07) is 7.77. The fraction of sp³-hybridized carbons (Fsp3) is 0.375. The number of halogens is 1. The molecule has 1 aliphatic rings. The minimum atomic E-state index is -0.0999. The van der Waals surface area contributed by atoms with E-state index in [9.17, 15) is 0 Å². The Morgan fingerprint density at radius 2 is 2.24 bits per heavy atom. The molecular formula is C16H19ClN2O2. The van der Waals surface area contributed by atoms with Crippen molar-refractivity contribution in [2.45, 2.75) is 32.2 Å². The van der Waals surface area contributed by atoms with Crippen LogP contribution in [0.4, 0.5) is 0 Å². The molecule has 0 fully saturated rings. The van der Waals surface area contributed by atoms with Crippen molar-refractivity contribution in [3.8, 4) is 5.75 Å². The molecule has 0 radical (unpaired) electrons. The van der Waals surface area contributed by atoms with E-state index < -0.39 is 0 Å². The number of furan rings is 1. The van der Waals surface area contributed by atoms with Crippen molar-refractivity contribution in [3.63, 3.8) is 0 Å². The quantitative estimate of drug-likeness (QED) is 0.658. The van der Waals surface area contributed by atoms with Crippen LogP contribution in [-0.2, 0) is 19.3 Å². The monoisotopic (exact) mass is 306 g/mol. The lowest BCUT2D eigenvalue weighted by Crippen LogP contribution is -2.29. The molecular weight excluding hydrogens is 288 g/mol. The second-order valence-corrected chi connectivity index (χ2v) is 5.67. The summed E-state index contributed by atoms with van der Waals surface area (Å²) in [5, 5.41) is 0.735. The van der Waals surface area contributed by atoms with Crippen LogP contribution in [0.25, 0.3) is 0 Å². The van der Waals surface area contributed by atoms with Crippen molar-refractivity contribution < 1.29 is 9.15 Å². The Morgan fingerprint density at radius 3 is 2.95 bits per heavy atom. The Labute approximate surface area is 129 Å². The molecule has 0 saturated heterocycles. The molecule has 1 unspecified atom stereocenters. The third-order valence-electron chi connectivity index (χ3n) is 3.82. The molecule has 2 aromatic rings. The van der Waals surface area contributed by atoms with Crippen LogP contribution in [0.5, 0.6) is 5.75 Å². The van der Waals surface area contributed by atoms with E-state index in [1.807, 2.05) is 24.3 Å². The lowest BCUT2D eigenvalue weighted by Gasteiger charge is -2.16. The van der Waals surface area contributed by atoms with Gasteiger partial charge in [0.15, 0.2) is 0 Å². The van der Waals surface area contributed by atoms with Crippen LogP contribution in [0.15, 0.2) is 28.7 Å². The molecule has 1 aliphatic heterocycles. The van der Waals surface area contributed by atoms with Gasteiger partial charge in [0.1, 0.15) is 17.3 Å². The SMILES string of the molecule is CCc1ccc(C(Cc2cc(Cl)cc3c2OCC3)NN)o1. The highest BCUT2D eigenvalue weighted by Crippen LogP contribution is 2.35. The van der Waals surface area contributed by atoms with Crippen LogP contribution >= 0.6 is 11.6 Å². The van der Waals surface area contributed by atoms with Crippen molar-refractivity contribution in [1.29, 1.82) is 0 Å². The van der Waals surface area contributed by atoms with Crippen LogP contribution in [0.3, 0.4) is 0 Å². The molecule has 0 saturated carbocycles. The molecule has 1 aromatic carbocycles. The van der Waals surface area contributed by atoms with Gasteiger partial charge < -0.3 is 9.15 Å². The lowest BCUT2D eigenvalue weighted by atomic mass is 10.0. The van der Waals surface area contributed by atoms with Crippen molar-refractivity contribution in [2.75, 3.05) is 6.61 Å². The zero-order chi connectivity index (χ0) is 14.8. The zero-order valence-electron chi connectivity index (χ0n) is 12.0. The highest BCUT2D eigenvalue weighted by molar-refractivity contribution is 6.30. The summed E-state index contributed by atoms with van der Waals surface area (Å²) in [4.78, 5) is 0. The molecule has 5 heteroatoms. The Balaban J connectivity index is 1.87. The molecule has 0 spiro atoms. The Hall–Kier alpha value is -1.49. The highest BCUT2D eigenvalue weighted by Gasteiger charge is 2.22. The maximum atomic E-state index is 6.20. The Kier molecular flexibility index (Phi) is 4.19. The van der Waals surface area contributed by atoms with Crippen molar-refractivity contribution in [1.82, 2.24) is 5.43 Å². The Morgan fingerprint density at radius 1 is 1.38 bits per heavy atom. The molecule has 112 valence electrons. The van der Waals surface area contributed by atoms with Gasteiger partial charge in [-0.15, -0.1) is 0 Å². The molecule has 0 aliphatic carbocycles. The predicted molar refractivity (Wildman–Crippen MR) is 82.5 cm³/mol. The largest absolute Gasteiger partial charge is 0.493 e. The third kappa shape index (κ3) is 2.93. The fourth-order valence-corrected chi connectivity index (χ4v) is 2.99. The molecule has 0 bridgehead atoms. The highest BCUT2D eigenvalue weighted by atomic mass is 35.5. The van der Waals surface area contributed by atoms with Crippen molar-refractivity contribution >= 4 is 11.6 Å². The van der Waals surface area contributed by atoms with Gasteiger partial charge in [0.05, 0.1) is 12.6 Å². The summed E-state index contributed by atoms with van der Waals surface area (Å²) in [5.41, 5.74) is 5.05. The molecule has 2 heterocycles. The number of rotatable bonds is 5. The van der Waals surface area contributed by atoms with Gasteiger partial charge in [-0.1, -0.05) is 18.5 Å². The summed E-state index contributed by atoms with van der Waals surface area (Å²) in [6.07, 6.45) is 2.45. The van der Waals surface area contributed by atoms with Gasteiger partial charge in [0, 0.05) is 17.9 Å². The van der Waals surface area contributed by atoms with Crippen LogP contribution in [0, 0.1) is 0 Å². The molecule has 1 atom stereocenters. The summed E-state index contributed by atoms with van der Waals surface area (Å²) in [5.74, 6) is 8.44. The first-order valence-electron chi connectivity index (χ1n) is 7.20.